The van der Waals surface area contributed by atoms with Gasteiger partial charge in [0.1, 0.15) is 5.75 Å². The minimum atomic E-state index is -0.547. The number of phenols is 1. The van der Waals surface area contributed by atoms with Gasteiger partial charge in [-0.25, -0.2) is 0 Å². The number of hydrogen-bond donors (Lipinski definition) is 3. The summed E-state index contributed by atoms with van der Waals surface area (Å²) < 4.78 is 0. The van der Waals surface area contributed by atoms with Gasteiger partial charge in [0.15, 0.2) is 5.76 Å². The molecule has 0 radical (unpaired) electrons. The number of halogens is 2. The van der Waals surface area contributed by atoms with E-state index in [-0.39, 0.29) is 17.9 Å². The summed E-state index contributed by atoms with van der Waals surface area (Å²) in [5.41, 5.74) is 2.04. The first kappa shape index (κ1) is 22.0. The molecule has 1 aliphatic heterocycles. The molecule has 30 heavy (non-hydrogen) atoms. The van der Waals surface area contributed by atoms with Crippen molar-refractivity contribution in [2.75, 3.05) is 19.6 Å². The average molecular weight is 449 g/mol. The summed E-state index contributed by atoms with van der Waals surface area (Å²) in [6.45, 7) is 0.834. The van der Waals surface area contributed by atoms with E-state index in [1.807, 2.05) is 6.07 Å². The molecular weight excluding hydrogens is 427 g/mol. The Kier molecular flexibility index (Phi) is 7.24. The molecule has 158 valence electrons. The number of aryl methyl sites for hydroxylation is 1. The lowest BCUT2D eigenvalue weighted by Crippen LogP contribution is -2.32. The third-order valence-electron chi connectivity index (χ3n) is 4.92. The fourth-order valence-corrected chi connectivity index (χ4v) is 3.52. The number of hydrogen-bond acceptors (Lipinski definition) is 4. The number of nitrogens with zero attached hydrogens (tertiary/aromatic N) is 1. The van der Waals surface area contributed by atoms with Crippen LogP contribution in [0.2, 0.25) is 10.0 Å². The fraction of sp³-hybridized carbons (Fsp3) is 0.273. The van der Waals surface area contributed by atoms with Crippen LogP contribution >= 0.6 is 23.2 Å². The van der Waals surface area contributed by atoms with E-state index >= 15 is 0 Å². The molecule has 0 spiro atoms. The van der Waals surface area contributed by atoms with Crippen LogP contribution in [-0.4, -0.2) is 46.6 Å². The molecule has 2 aromatic carbocycles. The molecule has 6 nitrogen and oxygen atoms in total. The van der Waals surface area contributed by atoms with E-state index in [1.54, 1.807) is 36.4 Å². The van der Waals surface area contributed by atoms with Gasteiger partial charge in [-0.05, 0) is 54.7 Å². The Bertz CT molecular complexity index is 974. The Labute approximate surface area is 184 Å². The first-order chi connectivity index (χ1) is 14.3. The molecule has 0 aromatic heterocycles. The van der Waals surface area contributed by atoms with Crippen molar-refractivity contribution in [1.29, 1.82) is 0 Å². The largest absolute Gasteiger partial charge is 0.508 e. The summed E-state index contributed by atoms with van der Waals surface area (Å²) in [5.74, 6) is -1.31. The number of aromatic hydroxyl groups is 1. The maximum Gasteiger partial charge on any atom is 0.289 e. The maximum atomic E-state index is 12.4. The van der Waals surface area contributed by atoms with Gasteiger partial charge in [0, 0.05) is 13.1 Å². The molecule has 0 aliphatic carbocycles. The molecule has 3 N–H and O–H groups in total. The van der Waals surface area contributed by atoms with E-state index < -0.39 is 17.6 Å². The highest BCUT2D eigenvalue weighted by Crippen LogP contribution is 2.23. The van der Waals surface area contributed by atoms with Crippen molar-refractivity contribution in [3.05, 3.63) is 75.0 Å². The lowest BCUT2D eigenvalue weighted by Gasteiger charge is -2.16. The van der Waals surface area contributed by atoms with E-state index in [4.69, 9.17) is 23.2 Å². The van der Waals surface area contributed by atoms with Gasteiger partial charge >= 0.3 is 0 Å². The second kappa shape index (κ2) is 9.87. The normalized spacial score (nSPS) is 13.8. The number of benzene rings is 2. The van der Waals surface area contributed by atoms with E-state index in [0.29, 0.717) is 42.4 Å². The van der Waals surface area contributed by atoms with E-state index in [9.17, 15) is 19.8 Å². The molecule has 0 unspecified atom stereocenters. The number of aliphatic hydroxyl groups excluding tert-OH is 1. The number of rotatable bonds is 8. The van der Waals surface area contributed by atoms with Gasteiger partial charge in [0.25, 0.3) is 11.8 Å². The fourth-order valence-electron chi connectivity index (χ4n) is 3.20. The molecule has 8 heteroatoms. The molecule has 2 aromatic rings. The third-order valence-corrected chi connectivity index (χ3v) is 5.66. The van der Waals surface area contributed by atoms with E-state index in [2.05, 4.69) is 5.32 Å². The van der Waals surface area contributed by atoms with Crippen molar-refractivity contribution >= 4 is 35.0 Å². The van der Waals surface area contributed by atoms with Gasteiger partial charge in [0.05, 0.1) is 22.2 Å². The lowest BCUT2D eigenvalue weighted by molar-refractivity contribution is -0.127. The standard InChI is InChI=1S/C22H22Cl2N2O4/c23-18-8-5-15(12-19(18)24)2-1-10-25-21(29)17-13-26(22(30)20(17)28)11-9-14-3-6-16(27)7-4-14/h3-8,12,27-28H,1-2,9-11,13H2,(H,25,29). The van der Waals surface area contributed by atoms with Gasteiger partial charge < -0.3 is 20.4 Å². The first-order valence-electron chi connectivity index (χ1n) is 9.56. The molecule has 1 heterocycles. The van der Waals surface area contributed by atoms with Crippen LogP contribution in [0.5, 0.6) is 5.75 Å². The summed E-state index contributed by atoms with van der Waals surface area (Å²) in [7, 11) is 0. The number of aliphatic hydroxyl groups is 1. The predicted molar refractivity (Wildman–Crippen MR) is 116 cm³/mol. The zero-order valence-corrected chi connectivity index (χ0v) is 17.7. The quantitative estimate of drug-likeness (QED) is 0.537. The van der Waals surface area contributed by atoms with Crippen molar-refractivity contribution in [3.63, 3.8) is 0 Å². The van der Waals surface area contributed by atoms with Gasteiger partial charge in [-0.1, -0.05) is 41.4 Å². The van der Waals surface area contributed by atoms with Crippen molar-refractivity contribution in [3.8, 4) is 5.75 Å². The maximum absolute atomic E-state index is 12.4. The molecule has 1 aliphatic rings. The molecule has 2 amide bonds. The van der Waals surface area contributed by atoms with E-state index in [0.717, 1.165) is 11.1 Å². The summed E-state index contributed by atoms with van der Waals surface area (Å²) in [5, 5.41) is 23.2. The van der Waals surface area contributed by atoms with Crippen LogP contribution in [-0.2, 0) is 22.4 Å². The zero-order chi connectivity index (χ0) is 21.7. The summed E-state index contributed by atoms with van der Waals surface area (Å²) >= 11 is 11.9. The summed E-state index contributed by atoms with van der Waals surface area (Å²) in [6.07, 6.45) is 1.94. The van der Waals surface area contributed by atoms with Crippen LogP contribution in [0.25, 0.3) is 0 Å². The number of phenolic OH excluding ortho intramolecular Hbond substituents is 1. The third kappa shape index (κ3) is 5.46. The van der Waals surface area contributed by atoms with Crippen LogP contribution < -0.4 is 5.32 Å². The first-order valence-corrected chi connectivity index (χ1v) is 10.3. The van der Waals surface area contributed by atoms with Crippen molar-refractivity contribution in [2.24, 2.45) is 0 Å². The second-order valence-corrected chi connectivity index (χ2v) is 7.89. The summed E-state index contributed by atoms with van der Waals surface area (Å²) in [6, 6.07) is 12.1. The van der Waals surface area contributed by atoms with Gasteiger partial charge in [0.2, 0.25) is 0 Å². The number of carbonyl (C=O) groups is 2. The molecule has 3 rings (SSSR count). The molecular formula is C22H22Cl2N2O4. The summed E-state index contributed by atoms with van der Waals surface area (Å²) in [4.78, 5) is 26.1. The SMILES string of the molecule is O=C(NCCCc1ccc(Cl)c(Cl)c1)C1=C(O)C(=O)N(CCc2ccc(O)cc2)C1. The highest BCUT2D eigenvalue weighted by molar-refractivity contribution is 6.42. The highest BCUT2D eigenvalue weighted by Gasteiger charge is 2.33. The Morgan fingerprint density at radius 1 is 1.00 bits per heavy atom. The number of amides is 2. The molecule has 0 saturated carbocycles. The predicted octanol–water partition coefficient (Wildman–Crippen LogP) is 3.64. The van der Waals surface area contributed by atoms with Gasteiger partial charge in [-0.3, -0.25) is 9.59 Å². The zero-order valence-electron chi connectivity index (χ0n) is 16.2. The lowest BCUT2D eigenvalue weighted by atomic mass is 10.1. The van der Waals surface area contributed by atoms with Gasteiger partial charge in [-0.2, -0.15) is 0 Å². The monoisotopic (exact) mass is 448 g/mol. The molecule has 0 saturated heterocycles. The van der Waals surface area contributed by atoms with Gasteiger partial charge in [-0.15, -0.1) is 0 Å². The van der Waals surface area contributed by atoms with Crippen LogP contribution in [0, 0.1) is 0 Å². The Balaban J connectivity index is 1.46. The van der Waals surface area contributed by atoms with Crippen molar-refractivity contribution < 1.29 is 19.8 Å². The minimum Gasteiger partial charge on any atom is -0.508 e. The molecule has 0 atom stereocenters. The second-order valence-electron chi connectivity index (χ2n) is 7.08. The molecule has 0 fully saturated rings. The Morgan fingerprint density at radius 3 is 2.40 bits per heavy atom. The smallest absolute Gasteiger partial charge is 0.289 e. The van der Waals surface area contributed by atoms with Crippen LogP contribution in [0.3, 0.4) is 0 Å². The number of nitrogens with one attached hydrogen (secondary N) is 1. The minimum absolute atomic E-state index is 0.0708. The number of carbonyl (C=O) groups excluding carboxylic acids is 2. The van der Waals surface area contributed by atoms with E-state index in [1.165, 1.54) is 4.90 Å². The van der Waals surface area contributed by atoms with Crippen molar-refractivity contribution in [2.45, 2.75) is 19.3 Å². The van der Waals surface area contributed by atoms with Crippen molar-refractivity contribution in [1.82, 2.24) is 10.2 Å². The van der Waals surface area contributed by atoms with Crippen LogP contribution in [0.15, 0.2) is 53.8 Å². The van der Waals surface area contributed by atoms with Crippen LogP contribution in [0.4, 0.5) is 0 Å². The van der Waals surface area contributed by atoms with Crippen LogP contribution in [0.1, 0.15) is 17.5 Å². The highest BCUT2D eigenvalue weighted by atomic mass is 35.5. The Morgan fingerprint density at radius 2 is 1.70 bits per heavy atom. The topological polar surface area (TPSA) is 89.9 Å². The Hall–Kier alpha value is -2.70. The average Bonchev–Trinajstić information content (AvgIpc) is 3.02. The molecule has 0 bridgehead atoms.